The molecule has 0 spiro atoms. The highest BCUT2D eigenvalue weighted by Gasteiger charge is 2.15. The molecule has 0 fully saturated rings. The summed E-state index contributed by atoms with van der Waals surface area (Å²) >= 11 is 0. The fraction of sp³-hybridized carbons (Fsp3) is 0.929. The minimum absolute atomic E-state index is 0.148. The number of hydrogen-bond donors (Lipinski definition) is 1. The van der Waals surface area contributed by atoms with Crippen molar-refractivity contribution in [3.05, 3.63) is 0 Å². The van der Waals surface area contributed by atoms with Gasteiger partial charge in [-0.3, -0.25) is 0 Å². The standard InChI is InChI=1S/C14H28N2/c1-12(2)13(3)10-16-9-7-6-8-14(4,5)11-15/h12-13,16H,6-10H2,1-5H3. The maximum absolute atomic E-state index is 8.86. The van der Waals surface area contributed by atoms with Crippen molar-refractivity contribution in [3.8, 4) is 6.07 Å². The van der Waals surface area contributed by atoms with Crippen molar-refractivity contribution in [2.45, 2.75) is 53.9 Å². The number of hydrogen-bond acceptors (Lipinski definition) is 2. The Labute approximate surface area is 101 Å². The van der Waals surface area contributed by atoms with E-state index in [9.17, 15) is 0 Å². The van der Waals surface area contributed by atoms with Crippen molar-refractivity contribution >= 4 is 0 Å². The van der Waals surface area contributed by atoms with Crippen LogP contribution in [0.1, 0.15) is 53.9 Å². The first kappa shape index (κ1) is 15.4. The number of nitriles is 1. The van der Waals surface area contributed by atoms with Crippen LogP contribution in [0, 0.1) is 28.6 Å². The summed E-state index contributed by atoms with van der Waals surface area (Å²) in [5, 5.41) is 12.4. The van der Waals surface area contributed by atoms with E-state index in [0.717, 1.165) is 37.8 Å². The Kier molecular flexibility index (Phi) is 7.42. The van der Waals surface area contributed by atoms with Crippen LogP contribution in [-0.4, -0.2) is 13.1 Å². The monoisotopic (exact) mass is 224 g/mol. The molecular weight excluding hydrogens is 196 g/mol. The molecule has 0 aromatic rings. The van der Waals surface area contributed by atoms with Crippen LogP contribution in [0.4, 0.5) is 0 Å². The first-order valence-corrected chi connectivity index (χ1v) is 6.51. The summed E-state index contributed by atoms with van der Waals surface area (Å²) in [6.45, 7) is 13.0. The minimum Gasteiger partial charge on any atom is -0.316 e. The lowest BCUT2D eigenvalue weighted by atomic mass is 9.89. The van der Waals surface area contributed by atoms with Crippen LogP contribution >= 0.6 is 0 Å². The highest BCUT2D eigenvalue weighted by Crippen LogP contribution is 2.21. The van der Waals surface area contributed by atoms with Crippen LogP contribution in [0.25, 0.3) is 0 Å². The van der Waals surface area contributed by atoms with Crippen LogP contribution in [-0.2, 0) is 0 Å². The predicted octanol–water partition coefficient (Wildman–Crippen LogP) is 3.59. The van der Waals surface area contributed by atoms with Gasteiger partial charge in [-0.1, -0.05) is 27.2 Å². The van der Waals surface area contributed by atoms with E-state index in [0.29, 0.717) is 0 Å². The van der Waals surface area contributed by atoms with Gasteiger partial charge in [0.05, 0.1) is 11.5 Å². The molecule has 0 heterocycles. The van der Waals surface area contributed by atoms with Crippen LogP contribution in [0.2, 0.25) is 0 Å². The molecule has 2 heteroatoms. The normalized spacial score (nSPS) is 13.8. The quantitative estimate of drug-likeness (QED) is 0.640. The third-order valence-electron chi connectivity index (χ3n) is 3.31. The number of rotatable bonds is 8. The van der Waals surface area contributed by atoms with Gasteiger partial charge in [0.15, 0.2) is 0 Å². The molecule has 0 rings (SSSR count). The zero-order chi connectivity index (χ0) is 12.6. The first-order valence-electron chi connectivity index (χ1n) is 6.51. The SMILES string of the molecule is CC(C)C(C)CNCCCCC(C)(C)C#N. The summed E-state index contributed by atoms with van der Waals surface area (Å²) in [5.41, 5.74) is -0.148. The van der Waals surface area contributed by atoms with Crippen LogP contribution in [0.3, 0.4) is 0 Å². The summed E-state index contributed by atoms with van der Waals surface area (Å²) in [5.74, 6) is 1.50. The van der Waals surface area contributed by atoms with E-state index >= 15 is 0 Å². The summed E-state index contributed by atoms with van der Waals surface area (Å²) in [6.07, 6.45) is 3.32. The van der Waals surface area contributed by atoms with Gasteiger partial charge in [0.25, 0.3) is 0 Å². The van der Waals surface area contributed by atoms with Gasteiger partial charge in [-0.25, -0.2) is 0 Å². The molecule has 94 valence electrons. The first-order chi connectivity index (χ1) is 7.39. The molecule has 2 nitrogen and oxygen atoms in total. The Bertz CT molecular complexity index is 213. The molecular formula is C14H28N2. The van der Waals surface area contributed by atoms with E-state index < -0.39 is 0 Å². The van der Waals surface area contributed by atoms with Crippen molar-refractivity contribution in [3.63, 3.8) is 0 Å². The smallest absolute Gasteiger partial charge is 0.0683 e. The zero-order valence-corrected chi connectivity index (χ0v) is 11.6. The molecule has 0 saturated carbocycles. The van der Waals surface area contributed by atoms with E-state index in [1.807, 2.05) is 13.8 Å². The average molecular weight is 224 g/mol. The lowest BCUT2D eigenvalue weighted by molar-refractivity contribution is 0.382. The van der Waals surface area contributed by atoms with E-state index in [4.69, 9.17) is 5.26 Å². The van der Waals surface area contributed by atoms with Crippen LogP contribution in [0.5, 0.6) is 0 Å². The topological polar surface area (TPSA) is 35.8 Å². The predicted molar refractivity (Wildman–Crippen MR) is 70.1 cm³/mol. The van der Waals surface area contributed by atoms with E-state index in [2.05, 4.69) is 32.2 Å². The Morgan fingerprint density at radius 3 is 2.31 bits per heavy atom. The second-order valence-electron chi connectivity index (χ2n) is 5.88. The molecule has 0 aromatic heterocycles. The third-order valence-corrected chi connectivity index (χ3v) is 3.31. The molecule has 0 aliphatic rings. The Balaban J connectivity index is 3.39. The van der Waals surface area contributed by atoms with Gasteiger partial charge in [-0.05, 0) is 51.6 Å². The van der Waals surface area contributed by atoms with E-state index in [1.54, 1.807) is 0 Å². The molecule has 1 atom stereocenters. The Morgan fingerprint density at radius 2 is 1.81 bits per heavy atom. The molecule has 0 saturated heterocycles. The lowest BCUT2D eigenvalue weighted by Gasteiger charge is -2.17. The summed E-state index contributed by atoms with van der Waals surface area (Å²) < 4.78 is 0. The summed E-state index contributed by atoms with van der Waals surface area (Å²) in [4.78, 5) is 0. The van der Waals surface area contributed by atoms with Crippen molar-refractivity contribution in [2.24, 2.45) is 17.3 Å². The lowest BCUT2D eigenvalue weighted by Crippen LogP contribution is -2.25. The molecule has 0 aliphatic heterocycles. The van der Waals surface area contributed by atoms with Crippen LogP contribution < -0.4 is 5.32 Å². The average Bonchev–Trinajstić information content (AvgIpc) is 2.22. The molecule has 1 unspecified atom stereocenters. The van der Waals surface area contributed by atoms with E-state index in [1.165, 1.54) is 6.42 Å². The second-order valence-corrected chi connectivity index (χ2v) is 5.88. The summed E-state index contributed by atoms with van der Waals surface area (Å²) in [7, 11) is 0. The van der Waals surface area contributed by atoms with Gasteiger partial charge in [0, 0.05) is 0 Å². The van der Waals surface area contributed by atoms with Crippen molar-refractivity contribution < 1.29 is 0 Å². The Hall–Kier alpha value is -0.550. The number of nitrogens with zero attached hydrogens (tertiary/aromatic N) is 1. The second kappa shape index (κ2) is 7.68. The molecule has 1 N–H and O–H groups in total. The van der Waals surface area contributed by atoms with E-state index in [-0.39, 0.29) is 5.41 Å². The zero-order valence-electron chi connectivity index (χ0n) is 11.6. The van der Waals surface area contributed by atoms with Gasteiger partial charge in [-0.2, -0.15) is 5.26 Å². The largest absolute Gasteiger partial charge is 0.316 e. The molecule has 0 aromatic carbocycles. The summed E-state index contributed by atoms with van der Waals surface area (Å²) in [6, 6.07) is 2.34. The number of unbranched alkanes of at least 4 members (excludes halogenated alkanes) is 1. The van der Waals surface area contributed by atoms with Gasteiger partial charge < -0.3 is 5.32 Å². The van der Waals surface area contributed by atoms with Crippen LogP contribution in [0.15, 0.2) is 0 Å². The molecule has 0 aliphatic carbocycles. The molecule has 0 radical (unpaired) electrons. The number of nitrogens with one attached hydrogen (secondary N) is 1. The third kappa shape index (κ3) is 7.70. The van der Waals surface area contributed by atoms with Gasteiger partial charge in [-0.15, -0.1) is 0 Å². The van der Waals surface area contributed by atoms with Gasteiger partial charge in [0.2, 0.25) is 0 Å². The molecule has 16 heavy (non-hydrogen) atoms. The van der Waals surface area contributed by atoms with Gasteiger partial charge in [0.1, 0.15) is 0 Å². The van der Waals surface area contributed by atoms with Crippen molar-refractivity contribution in [1.29, 1.82) is 5.26 Å². The highest BCUT2D eigenvalue weighted by atomic mass is 14.8. The molecule has 0 bridgehead atoms. The van der Waals surface area contributed by atoms with Crippen molar-refractivity contribution in [2.75, 3.05) is 13.1 Å². The maximum Gasteiger partial charge on any atom is 0.0683 e. The Morgan fingerprint density at radius 1 is 1.19 bits per heavy atom. The highest BCUT2D eigenvalue weighted by molar-refractivity contribution is 4.91. The fourth-order valence-electron chi connectivity index (χ4n) is 1.44. The van der Waals surface area contributed by atoms with Gasteiger partial charge >= 0.3 is 0 Å². The molecule has 0 amide bonds. The maximum atomic E-state index is 8.86. The van der Waals surface area contributed by atoms with Crippen molar-refractivity contribution in [1.82, 2.24) is 5.32 Å². The minimum atomic E-state index is -0.148. The fourth-order valence-corrected chi connectivity index (χ4v) is 1.44.